The third kappa shape index (κ3) is 3.25. The Bertz CT molecular complexity index is 569. The molecule has 1 saturated heterocycles. The molecule has 6 heteroatoms. The van der Waals surface area contributed by atoms with Crippen molar-refractivity contribution in [3.05, 3.63) is 29.8 Å². The highest BCUT2D eigenvalue weighted by Crippen LogP contribution is 2.20. The van der Waals surface area contributed by atoms with E-state index < -0.39 is 10.0 Å². The van der Waals surface area contributed by atoms with Crippen molar-refractivity contribution in [2.24, 2.45) is 5.92 Å². The number of nitrogens with zero attached hydrogens (tertiary/aromatic N) is 2. The van der Waals surface area contributed by atoms with E-state index in [1.165, 1.54) is 4.31 Å². The van der Waals surface area contributed by atoms with Crippen LogP contribution in [0.2, 0.25) is 0 Å². The van der Waals surface area contributed by atoms with Gasteiger partial charge in [-0.2, -0.15) is 5.26 Å². The molecule has 0 spiro atoms. The Kier molecular flexibility index (Phi) is 4.08. The van der Waals surface area contributed by atoms with Crippen LogP contribution in [0.15, 0.2) is 24.3 Å². The maximum atomic E-state index is 11.5. The Morgan fingerprint density at radius 3 is 2.53 bits per heavy atom. The lowest BCUT2D eigenvalue weighted by Crippen LogP contribution is -2.52. The highest BCUT2D eigenvalue weighted by atomic mass is 32.2. The van der Waals surface area contributed by atoms with Gasteiger partial charge in [0, 0.05) is 31.2 Å². The molecule has 1 N–H and O–H groups in total. The maximum Gasteiger partial charge on any atom is 0.213 e. The summed E-state index contributed by atoms with van der Waals surface area (Å²) in [6.45, 7) is 3.61. The van der Waals surface area contributed by atoms with Gasteiger partial charge in [0.05, 0.1) is 17.4 Å². The fourth-order valence-corrected chi connectivity index (χ4v) is 3.23. The van der Waals surface area contributed by atoms with Crippen molar-refractivity contribution >= 4 is 15.7 Å². The molecule has 1 aliphatic rings. The molecule has 102 valence electrons. The summed E-state index contributed by atoms with van der Waals surface area (Å²) in [7, 11) is -3.02. The first-order valence-corrected chi connectivity index (χ1v) is 7.88. The molecule has 19 heavy (non-hydrogen) atoms. The maximum absolute atomic E-state index is 11.5. The van der Waals surface area contributed by atoms with E-state index in [2.05, 4.69) is 11.4 Å². The minimum Gasteiger partial charge on any atom is -0.385 e. The van der Waals surface area contributed by atoms with Crippen LogP contribution in [0.4, 0.5) is 5.69 Å². The highest BCUT2D eigenvalue weighted by Gasteiger charge is 2.34. The van der Waals surface area contributed by atoms with Gasteiger partial charge < -0.3 is 5.32 Å². The zero-order valence-corrected chi connectivity index (χ0v) is 11.7. The summed E-state index contributed by atoms with van der Waals surface area (Å²) in [4.78, 5) is 0. The number of rotatable bonds is 5. The van der Waals surface area contributed by atoms with Gasteiger partial charge in [-0.15, -0.1) is 0 Å². The van der Waals surface area contributed by atoms with Gasteiger partial charge in [0.1, 0.15) is 0 Å². The molecule has 1 aromatic carbocycles. The van der Waals surface area contributed by atoms with Gasteiger partial charge in [-0.05, 0) is 31.2 Å². The van der Waals surface area contributed by atoms with E-state index >= 15 is 0 Å². The van der Waals surface area contributed by atoms with E-state index in [9.17, 15) is 8.42 Å². The number of hydrogen-bond donors (Lipinski definition) is 1. The van der Waals surface area contributed by atoms with Crippen LogP contribution in [-0.2, 0) is 10.0 Å². The average Bonchev–Trinajstić information content (AvgIpc) is 2.37. The molecule has 1 aliphatic heterocycles. The van der Waals surface area contributed by atoms with E-state index in [-0.39, 0.29) is 5.75 Å². The first-order valence-electron chi connectivity index (χ1n) is 6.27. The zero-order valence-electron chi connectivity index (χ0n) is 10.8. The molecular formula is C13H17N3O2S. The number of benzene rings is 1. The summed E-state index contributed by atoms with van der Waals surface area (Å²) in [5, 5.41) is 11.9. The normalized spacial score (nSPS) is 16.6. The molecule has 5 nitrogen and oxygen atoms in total. The Balaban J connectivity index is 1.78. The number of nitrogens with one attached hydrogen (secondary N) is 1. The van der Waals surface area contributed by atoms with Gasteiger partial charge >= 0.3 is 0 Å². The zero-order chi connectivity index (χ0) is 13.9. The second-order valence-electron chi connectivity index (χ2n) is 4.65. The molecule has 1 heterocycles. The average molecular weight is 279 g/mol. The second kappa shape index (κ2) is 5.59. The molecule has 0 aromatic heterocycles. The van der Waals surface area contributed by atoms with Crippen LogP contribution in [-0.4, -0.2) is 38.1 Å². The van der Waals surface area contributed by atoms with Crippen molar-refractivity contribution < 1.29 is 8.42 Å². The lowest BCUT2D eigenvalue weighted by molar-refractivity contribution is 0.212. The number of hydrogen-bond acceptors (Lipinski definition) is 4. The SMILES string of the molecule is CCS(=O)(=O)N1CC(CNc2ccc(C#N)cc2)C1. The number of nitriles is 1. The Labute approximate surface area is 113 Å². The predicted octanol–water partition coefficient (Wildman–Crippen LogP) is 1.25. The first-order chi connectivity index (χ1) is 9.05. The van der Waals surface area contributed by atoms with Gasteiger partial charge in [-0.3, -0.25) is 0 Å². The minimum absolute atomic E-state index is 0.169. The van der Waals surface area contributed by atoms with Gasteiger partial charge in [0.25, 0.3) is 0 Å². The van der Waals surface area contributed by atoms with Crippen LogP contribution in [0.5, 0.6) is 0 Å². The van der Waals surface area contributed by atoms with E-state index in [0.29, 0.717) is 24.6 Å². The standard InChI is InChI=1S/C13H17N3O2S/c1-2-19(17,18)16-9-12(10-16)8-15-13-5-3-11(7-14)4-6-13/h3-6,12,15H,2,8-10H2,1H3. The smallest absolute Gasteiger partial charge is 0.213 e. The lowest BCUT2D eigenvalue weighted by atomic mass is 10.0. The summed E-state index contributed by atoms with van der Waals surface area (Å²) < 4.78 is 24.6. The third-order valence-electron chi connectivity index (χ3n) is 3.29. The lowest BCUT2D eigenvalue weighted by Gasteiger charge is -2.38. The molecule has 1 aromatic rings. The monoisotopic (exact) mass is 279 g/mol. The largest absolute Gasteiger partial charge is 0.385 e. The van der Waals surface area contributed by atoms with Crippen molar-refractivity contribution in [3.63, 3.8) is 0 Å². The van der Waals surface area contributed by atoms with Gasteiger partial charge in [0.15, 0.2) is 0 Å². The quantitative estimate of drug-likeness (QED) is 0.880. The summed E-state index contributed by atoms with van der Waals surface area (Å²) in [5.41, 5.74) is 1.59. The summed E-state index contributed by atoms with van der Waals surface area (Å²) in [5.74, 6) is 0.528. The summed E-state index contributed by atoms with van der Waals surface area (Å²) >= 11 is 0. The predicted molar refractivity (Wildman–Crippen MR) is 74.2 cm³/mol. The van der Waals surface area contributed by atoms with Crippen molar-refractivity contribution in [2.45, 2.75) is 6.92 Å². The summed E-state index contributed by atoms with van der Waals surface area (Å²) in [6.07, 6.45) is 0. The first kappa shape index (κ1) is 13.8. The van der Waals surface area contributed by atoms with Gasteiger partial charge in [-0.1, -0.05) is 0 Å². The second-order valence-corrected chi connectivity index (χ2v) is 6.91. The van der Waals surface area contributed by atoms with Gasteiger partial charge in [0.2, 0.25) is 10.0 Å². The molecule has 0 amide bonds. The molecule has 0 atom stereocenters. The van der Waals surface area contributed by atoms with Crippen molar-refractivity contribution in [1.29, 1.82) is 5.26 Å². The topological polar surface area (TPSA) is 73.2 Å². The molecule has 0 radical (unpaired) electrons. The van der Waals surface area contributed by atoms with E-state index in [4.69, 9.17) is 5.26 Å². The van der Waals surface area contributed by atoms with Crippen molar-refractivity contribution in [3.8, 4) is 6.07 Å². The van der Waals surface area contributed by atoms with Crippen LogP contribution < -0.4 is 5.32 Å². The number of sulfonamides is 1. The molecule has 0 saturated carbocycles. The third-order valence-corrected chi connectivity index (χ3v) is 5.11. The Morgan fingerprint density at radius 2 is 2.00 bits per heavy atom. The van der Waals surface area contributed by atoms with Crippen LogP contribution in [0.1, 0.15) is 12.5 Å². The van der Waals surface area contributed by atoms with Crippen LogP contribution >= 0.6 is 0 Å². The van der Waals surface area contributed by atoms with E-state index in [0.717, 1.165) is 12.2 Å². The van der Waals surface area contributed by atoms with Crippen LogP contribution in [0, 0.1) is 17.2 Å². The number of anilines is 1. The molecule has 0 aliphatic carbocycles. The van der Waals surface area contributed by atoms with E-state index in [1.54, 1.807) is 19.1 Å². The molecule has 0 bridgehead atoms. The minimum atomic E-state index is -3.02. The fourth-order valence-electron chi connectivity index (χ4n) is 1.99. The summed E-state index contributed by atoms with van der Waals surface area (Å²) in [6, 6.07) is 9.31. The molecule has 1 fully saturated rings. The molecule has 2 rings (SSSR count). The van der Waals surface area contributed by atoms with Crippen molar-refractivity contribution in [1.82, 2.24) is 4.31 Å². The van der Waals surface area contributed by atoms with Crippen LogP contribution in [0.25, 0.3) is 0 Å². The highest BCUT2D eigenvalue weighted by molar-refractivity contribution is 7.89. The van der Waals surface area contributed by atoms with Gasteiger partial charge in [-0.25, -0.2) is 12.7 Å². The Morgan fingerprint density at radius 1 is 1.37 bits per heavy atom. The van der Waals surface area contributed by atoms with Crippen molar-refractivity contribution in [2.75, 3.05) is 30.7 Å². The molecular weight excluding hydrogens is 262 g/mol. The van der Waals surface area contributed by atoms with E-state index in [1.807, 2.05) is 12.1 Å². The van der Waals surface area contributed by atoms with Crippen LogP contribution in [0.3, 0.4) is 0 Å². The fraction of sp³-hybridized carbons (Fsp3) is 0.462. The molecule has 0 unspecified atom stereocenters. The Hall–Kier alpha value is -1.58.